The van der Waals surface area contributed by atoms with Crippen LogP contribution in [0.3, 0.4) is 0 Å². The lowest BCUT2D eigenvalue weighted by atomic mass is 9.92. The first-order valence-corrected chi connectivity index (χ1v) is 8.34. The number of benzene rings is 1. The highest BCUT2D eigenvalue weighted by molar-refractivity contribution is 7.89. The standard InChI is InChI=1S/C14H21FN2O3S/c1-4-5-14(18)7-17(8-14)21(19,20)13-9(2)6-11(15)12(16)10(13)3/h6,18H,4-5,7-8,16H2,1-3H3. The Labute approximate surface area is 124 Å². The molecule has 5 nitrogen and oxygen atoms in total. The predicted octanol–water partition coefficient (Wildman–Crippen LogP) is 1.56. The zero-order chi connectivity index (χ0) is 16.0. The molecule has 0 aliphatic carbocycles. The molecule has 1 saturated heterocycles. The van der Waals surface area contributed by atoms with E-state index in [0.29, 0.717) is 12.0 Å². The number of rotatable bonds is 4. The van der Waals surface area contributed by atoms with Gasteiger partial charge in [-0.15, -0.1) is 0 Å². The van der Waals surface area contributed by atoms with E-state index in [-0.39, 0.29) is 29.2 Å². The summed E-state index contributed by atoms with van der Waals surface area (Å²) in [5.41, 5.74) is 5.05. The molecular weight excluding hydrogens is 295 g/mol. The van der Waals surface area contributed by atoms with Crippen molar-refractivity contribution in [3.63, 3.8) is 0 Å². The maximum absolute atomic E-state index is 13.6. The molecule has 3 N–H and O–H groups in total. The number of nitrogens with zero attached hydrogens (tertiary/aromatic N) is 1. The predicted molar refractivity (Wildman–Crippen MR) is 78.9 cm³/mol. The molecule has 0 spiro atoms. The van der Waals surface area contributed by atoms with E-state index in [2.05, 4.69) is 0 Å². The van der Waals surface area contributed by atoms with Crippen LogP contribution in [0, 0.1) is 19.7 Å². The van der Waals surface area contributed by atoms with E-state index in [4.69, 9.17) is 5.73 Å². The number of aryl methyl sites for hydroxylation is 1. The number of halogens is 1. The molecule has 118 valence electrons. The summed E-state index contributed by atoms with van der Waals surface area (Å²) in [4.78, 5) is 0.0416. The van der Waals surface area contributed by atoms with Gasteiger partial charge in [0.2, 0.25) is 10.0 Å². The van der Waals surface area contributed by atoms with E-state index < -0.39 is 21.4 Å². The third-order valence-electron chi connectivity index (χ3n) is 3.96. The Bertz CT molecular complexity index is 667. The van der Waals surface area contributed by atoms with Crippen molar-refractivity contribution in [3.05, 3.63) is 23.0 Å². The third kappa shape index (κ3) is 2.65. The Morgan fingerprint density at radius 2 is 2.00 bits per heavy atom. The fourth-order valence-electron chi connectivity index (χ4n) is 2.86. The number of aliphatic hydroxyl groups is 1. The number of hydrogen-bond donors (Lipinski definition) is 2. The van der Waals surface area contributed by atoms with E-state index in [1.54, 1.807) is 6.92 Å². The monoisotopic (exact) mass is 316 g/mol. The second-order valence-electron chi connectivity index (χ2n) is 5.79. The average Bonchev–Trinajstić information content (AvgIpc) is 2.33. The van der Waals surface area contributed by atoms with E-state index in [1.807, 2.05) is 6.92 Å². The summed E-state index contributed by atoms with van der Waals surface area (Å²) >= 11 is 0. The van der Waals surface area contributed by atoms with Gasteiger partial charge in [0.15, 0.2) is 0 Å². The smallest absolute Gasteiger partial charge is 0.243 e. The molecule has 1 aromatic rings. The van der Waals surface area contributed by atoms with Crippen molar-refractivity contribution in [1.29, 1.82) is 0 Å². The number of nitrogens with two attached hydrogens (primary N) is 1. The molecule has 0 unspecified atom stereocenters. The number of nitrogen functional groups attached to an aromatic ring is 1. The van der Waals surface area contributed by atoms with Crippen LogP contribution in [0.5, 0.6) is 0 Å². The second kappa shape index (κ2) is 5.23. The highest BCUT2D eigenvalue weighted by Gasteiger charge is 2.47. The van der Waals surface area contributed by atoms with Gasteiger partial charge >= 0.3 is 0 Å². The van der Waals surface area contributed by atoms with Crippen LogP contribution in [0.25, 0.3) is 0 Å². The molecule has 1 heterocycles. The molecule has 1 fully saturated rings. The van der Waals surface area contributed by atoms with Crippen LogP contribution in [0.4, 0.5) is 10.1 Å². The van der Waals surface area contributed by atoms with Crippen molar-refractivity contribution >= 4 is 15.7 Å². The Balaban J connectivity index is 2.37. The van der Waals surface area contributed by atoms with Gasteiger partial charge in [-0.05, 0) is 37.5 Å². The molecule has 0 radical (unpaired) electrons. The zero-order valence-electron chi connectivity index (χ0n) is 12.5. The molecule has 0 atom stereocenters. The number of hydrogen-bond acceptors (Lipinski definition) is 4. The summed E-state index contributed by atoms with van der Waals surface area (Å²) in [5, 5.41) is 10.1. The first kappa shape index (κ1) is 16.2. The molecule has 1 aromatic carbocycles. The summed E-state index contributed by atoms with van der Waals surface area (Å²) in [5.74, 6) is -0.616. The Morgan fingerprint density at radius 3 is 2.52 bits per heavy atom. The molecule has 7 heteroatoms. The van der Waals surface area contributed by atoms with Crippen LogP contribution in [0.2, 0.25) is 0 Å². The van der Waals surface area contributed by atoms with Gasteiger partial charge in [-0.1, -0.05) is 13.3 Å². The molecular formula is C14H21FN2O3S. The topological polar surface area (TPSA) is 83.6 Å². The van der Waals surface area contributed by atoms with E-state index in [9.17, 15) is 17.9 Å². The summed E-state index contributed by atoms with van der Waals surface area (Å²) in [7, 11) is -3.77. The first-order chi connectivity index (χ1) is 9.62. The van der Waals surface area contributed by atoms with E-state index in [1.165, 1.54) is 11.2 Å². The third-order valence-corrected chi connectivity index (χ3v) is 6.04. The molecule has 1 aliphatic heterocycles. The van der Waals surface area contributed by atoms with Crippen molar-refractivity contribution in [2.24, 2.45) is 0 Å². The van der Waals surface area contributed by atoms with Gasteiger partial charge in [0.1, 0.15) is 5.82 Å². The van der Waals surface area contributed by atoms with Gasteiger partial charge in [0.25, 0.3) is 0 Å². The molecule has 1 aliphatic rings. The van der Waals surface area contributed by atoms with Crippen molar-refractivity contribution in [2.45, 2.75) is 44.1 Å². The molecule has 0 aromatic heterocycles. The SMILES string of the molecule is CCCC1(O)CN(S(=O)(=O)c2c(C)cc(F)c(N)c2C)C1. The lowest BCUT2D eigenvalue weighted by Gasteiger charge is -2.45. The number of anilines is 1. The van der Waals surface area contributed by atoms with Crippen LogP contribution >= 0.6 is 0 Å². The molecule has 0 amide bonds. The van der Waals surface area contributed by atoms with E-state index >= 15 is 0 Å². The minimum absolute atomic E-state index is 0.0416. The van der Waals surface area contributed by atoms with Gasteiger partial charge in [0.05, 0.1) is 16.2 Å². The number of sulfonamides is 1. The lowest BCUT2D eigenvalue weighted by Crippen LogP contribution is -2.63. The van der Waals surface area contributed by atoms with Gasteiger partial charge in [-0.2, -0.15) is 4.31 Å². The highest BCUT2D eigenvalue weighted by Crippen LogP contribution is 2.35. The van der Waals surface area contributed by atoms with E-state index in [0.717, 1.165) is 12.5 Å². The van der Waals surface area contributed by atoms with Crippen molar-refractivity contribution in [3.8, 4) is 0 Å². The quantitative estimate of drug-likeness (QED) is 0.826. The largest absolute Gasteiger partial charge is 0.396 e. The summed E-state index contributed by atoms with van der Waals surface area (Å²) < 4.78 is 40.1. The van der Waals surface area contributed by atoms with Gasteiger partial charge in [-0.3, -0.25) is 0 Å². The number of β-amino-alcohol motifs (C(OH)–C–C–N with tert-alkyl or cyclic N) is 1. The Hall–Kier alpha value is -1.18. The van der Waals surface area contributed by atoms with Crippen LogP contribution in [0.1, 0.15) is 30.9 Å². The van der Waals surface area contributed by atoms with Gasteiger partial charge in [0, 0.05) is 13.1 Å². The van der Waals surface area contributed by atoms with Crippen LogP contribution in [-0.4, -0.2) is 36.5 Å². The normalized spacial score (nSPS) is 18.5. The molecule has 2 rings (SSSR count). The van der Waals surface area contributed by atoms with Crippen molar-refractivity contribution in [2.75, 3.05) is 18.8 Å². The van der Waals surface area contributed by atoms with Gasteiger partial charge in [-0.25, -0.2) is 12.8 Å². The van der Waals surface area contributed by atoms with Crippen molar-refractivity contribution in [1.82, 2.24) is 4.31 Å². The zero-order valence-corrected chi connectivity index (χ0v) is 13.3. The Kier molecular flexibility index (Phi) is 4.03. The van der Waals surface area contributed by atoms with Crippen LogP contribution in [-0.2, 0) is 10.0 Å². The molecule has 0 saturated carbocycles. The second-order valence-corrected chi connectivity index (χ2v) is 7.67. The average molecular weight is 316 g/mol. The van der Waals surface area contributed by atoms with Crippen LogP contribution in [0.15, 0.2) is 11.0 Å². The minimum Gasteiger partial charge on any atom is -0.396 e. The fourth-order valence-corrected chi connectivity index (χ4v) is 4.90. The first-order valence-electron chi connectivity index (χ1n) is 6.90. The summed E-state index contributed by atoms with van der Waals surface area (Å²) in [6, 6.07) is 1.13. The van der Waals surface area contributed by atoms with Crippen molar-refractivity contribution < 1.29 is 17.9 Å². The van der Waals surface area contributed by atoms with Gasteiger partial charge < -0.3 is 10.8 Å². The fraction of sp³-hybridized carbons (Fsp3) is 0.571. The molecule has 21 heavy (non-hydrogen) atoms. The van der Waals surface area contributed by atoms with Crippen LogP contribution < -0.4 is 5.73 Å². The minimum atomic E-state index is -3.77. The Morgan fingerprint density at radius 1 is 1.43 bits per heavy atom. The maximum atomic E-state index is 13.6. The molecule has 0 bridgehead atoms. The highest BCUT2D eigenvalue weighted by atomic mass is 32.2. The maximum Gasteiger partial charge on any atom is 0.243 e. The summed E-state index contributed by atoms with van der Waals surface area (Å²) in [6.07, 6.45) is 1.34. The summed E-state index contributed by atoms with van der Waals surface area (Å²) in [6.45, 7) is 5.11. The lowest BCUT2D eigenvalue weighted by molar-refractivity contribution is -0.0653.